The maximum atomic E-state index is 13.3. The highest BCUT2D eigenvalue weighted by atomic mass is 79.9. The Morgan fingerprint density at radius 1 is 0.941 bits per heavy atom. The molecule has 3 heteroatoms. The molecule has 0 nitrogen and oxygen atoms in total. The van der Waals surface area contributed by atoms with Crippen molar-refractivity contribution in [3.63, 3.8) is 0 Å². The van der Waals surface area contributed by atoms with Crippen molar-refractivity contribution in [3.05, 3.63) is 32.5 Å². The second-order valence-corrected chi connectivity index (χ2v) is 6.10. The fourth-order valence-electron chi connectivity index (χ4n) is 1.86. The van der Waals surface area contributed by atoms with Gasteiger partial charge in [-0.15, -0.1) is 0 Å². The number of hydrogen-bond acceptors (Lipinski definition) is 0. The van der Waals surface area contributed by atoms with Crippen LogP contribution in [0.5, 0.6) is 0 Å². The summed E-state index contributed by atoms with van der Waals surface area (Å²) in [4.78, 5) is 0. The van der Waals surface area contributed by atoms with Crippen LogP contribution >= 0.6 is 31.9 Å². The van der Waals surface area contributed by atoms with Crippen molar-refractivity contribution in [2.75, 3.05) is 0 Å². The number of rotatable bonds is 7. The third-order valence-corrected chi connectivity index (χ3v) is 4.02. The van der Waals surface area contributed by atoms with Gasteiger partial charge in [0.25, 0.3) is 0 Å². The molecule has 0 radical (unpaired) electrons. The molecular weight excluding hydrogens is 347 g/mol. The summed E-state index contributed by atoms with van der Waals surface area (Å²) in [6, 6.07) is 3.76. The van der Waals surface area contributed by atoms with Crippen LogP contribution in [0.4, 0.5) is 4.39 Å². The fourth-order valence-corrected chi connectivity index (χ4v) is 3.14. The average molecular weight is 366 g/mol. The molecule has 0 bridgehead atoms. The van der Waals surface area contributed by atoms with E-state index in [-0.39, 0.29) is 5.82 Å². The van der Waals surface area contributed by atoms with E-state index in [9.17, 15) is 4.39 Å². The molecule has 0 aromatic heterocycles. The molecule has 0 aliphatic rings. The van der Waals surface area contributed by atoms with Crippen LogP contribution in [0.3, 0.4) is 0 Å². The third-order valence-electron chi connectivity index (χ3n) is 2.86. The predicted octanol–water partition coefficient (Wildman–Crippen LogP) is 6.25. The lowest BCUT2D eigenvalue weighted by atomic mass is 10.1. The van der Waals surface area contributed by atoms with E-state index in [1.54, 1.807) is 0 Å². The molecule has 0 spiro atoms. The second kappa shape index (κ2) is 8.25. The lowest BCUT2D eigenvalue weighted by Crippen LogP contribution is -1.90. The molecule has 0 saturated carbocycles. The van der Waals surface area contributed by atoms with E-state index in [1.165, 1.54) is 44.1 Å². The molecule has 1 rings (SSSR count). The monoisotopic (exact) mass is 364 g/mol. The van der Waals surface area contributed by atoms with Gasteiger partial charge in [-0.1, -0.05) is 39.0 Å². The van der Waals surface area contributed by atoms with E-state index in [0.29, 0.717) is 8.95 Å². The fraction of sp³-hybridized carbons (Fsp3) is 0.571. The van der Waals surface area contributed by atoms with Gasteiger partial charge in [-0.2, -0.15) is 0 Å². The van der Waals surface area contributed by atoms with Crippen molar-refractivity contribution in [3.8, 4) is 0 Å². The first-order valence-electron chi connectivity index (χ1n) is 6.28. The van der Waals surface area contributed by atoms with E-state index >= 15 is 0 Å². The molecule has 0 heterocycles. The predicted molar refractivity (Wildman–Crippen MR) is 78.9 cm³/mol. The van der Waals surface area contributed by atoms with Crippen molar-refractivity contribution in [2.24, 2.45) is 0 Å². The minimum atomic E-state index is -0.211. The molecule has 0 unspecified atom stereocenters. The van der Waals surface area contributed by atoms with Crippen molar-refractivity contribution in [1.29, 1.82) is 0 Å². The zero-order chi connectivity index (χ0) is 12.7. The van der Waals surface area contributed by atoms with Gasteiger partial charge in [0.1, 0.15) is 0 Å². The first-order valence-corrected chi connectivity index (χ1v) is 7.87. The van der Waals surface area contributed by atoms with Gasteiger partial charge in [0, 0.05) is 0 Å². The first-order chi connectivity index (χ1) is 8.15. The minimum Gasteiger partial charge on any atom is -0.205 e. The topological polar surface area (TPSA) is 0 Å². The van der Waals surface area contributed by atoms with Gasteiger partial charge in [0.2, 0.25) is 0 Å². The normalized spacial score (nSPS) is 10.8. The summed E-state index contributed by atoms with van der Waals surface area (Å²) in [5.41, 5.74) is 1.20. The molecular formula is C14H19Br2F. The molecule has 0 atom stereocenters. The van der Waals surface area contributed by atoms with Gasteiger partial charge in [0.15, 0.2) is 5.82 Å². The Bertz CT molecular complexity index is 327. The van der Waals surface area contributed by atoms with Gasteiger partial charge in [-0.25, -0.2) is 4.39 Å². The Kier molecular flexibility index (Phi) is 7.36. The Labute approximate surface area is 120 Å². The quantitative estimate of drug-likeness (QED) is 0.395. The number of unbranched alkanes of at least 4 members (excludes halogenated alkanes) is 5. The molecule has 0 fully saturated rings. The van der Waals surface area contributed by atoms with Crippen molar-refractivity contribution < 1.29 is 4.39 Å². The zero-order valence-corrected chi connectivity index (χ0v) is 13.4. The standard InChI is InChI=1S/C14H19Br2F/c1-2-3-4-5-6-7-8-11-9-12(15)14(17)13(16)10-11/h9-10H,2-8H2,1H3. The van der Waals surface area contributed by atoms with Crippen LogP contribution in [0, 0.1) is 5.82 Å². The molecule has 0 saturated heterocycles. The molecule has 1 aromatic rings. The largest absolute Gasteiger partial charge is 0.205 e. The van der Waals surface area contributed by atoms with Crippen molar-refractivity contribution >= 4 is 31.9 Å². The molecule has 96 valence electrons. The third kappa shape index (κ3) is 5.52. The molecule has 0 aliphatic heterocycles. The van der Waals surface area contributed by atoms with E-state index in [0.717, 1.165) is 6.42 Å². The second-order valence-electron chi connectivity index (χ2n) is 4.39. The van der Waals surface area contributed by atoms with Gasteiger partial charge >= 0.3 is 0 Å². The van der Waals surface area contributed by atoms with Crippen molar-refractivity contribution in [1.82, 2.24) is 0 Å². The lowest BCUT2D eigenvalue weighted by molar-refractivity contribution is 0.602. The number of halogens is 3. The maximum Gasteiger partial charge on any atom is 0.151 e. The summed E-state index contributed by atoms with van der Waals surface area (Å²) in [6.07, 6.45) is 8.78. The van der Waals surface area contributed by atoms with Gasteiger partial charge in [0.05, 0.1) is 8.95 Å². The summed E-state index contributed by atoms with van der Waals surface area (Å²) >= 11 is 6.47. The molecule has 0 N–H and O–H groups in total. The Hall–Kier alpha value is 0.110. The van der Waals surface area contributed by atoms with E-state index in [4.69, 9.17) is 0 Å². The van der Waals surface area contributed by atoms with Crippen LogP contribution in [-0.4, -0.2) is 0 Å². The van der Waals surface area contributed by atoms with Crippen LogP contribution in [0.15, 0.2) is 21.1 Å². The highest BCUT2D eigenvalue weighted by Gasteiger charge is 2.06. The van der Waals surface area contributed by atoms with Gasteiger partial charge in [-0.05, 0) is 62.4 Å². The smallest absolute Gasteiger partial charge is 0.151 e. The summed E-state index contributed by atoms with van der Waals surface area (Å²) in [7, 11) is 0. The highest BCUT2D eigenvalue weighted by Crippen LogP contribution is 2.26. The van der Waals surface area contributed by atoms with E-state index < -0.39 is 0 Å². The Morgan fingerprint density at radius 3 is 2.06 bits per heavy atom. The Morgan fingerprint density at radius 2 is 1.47 bits per heavy atom. The van der Waals surface area contributed by atoms with Gasteiger partial charge < -0.3 is 0 Å². The SMILES string of the molecule is CCCCCCCCc1cc(Br)c(F)c(Br)c1. The van der Waals surface area contributed by atoms with E-state index in [2.05, 4.69) is 38.8 Å². The van der Waals surface area contributed by atoms with Crippen LogP contribution in [0.25, 0.3) is 0 Å². The molecule has 17 heavy (non-hydrogen) atoms. The summed E-state index contributed by atoms with van der Waals surface area (Å²) < 4.78 is 14.4. The summed E-state index contributed by atoms with van der Waals surface area (Å²) in [6.45, 7) is 2.23. The van der Waals surface area contributed by atoms with Crippen molar-refractivity contribution in [2.45, 2.75) is 51.9 Å². The lowest BCUT2D eigenvalue weighted by Gasteiger charge is -2.05. The van der Waals surface area contributed by atoms with Gasteiger partial charge in [-0.3, -0.25) is 0 Å². The van der Waals surface area contributed by atoms with Crippen LogP contribution in [0.1, 0.15) is 51.0 Å². The zero-order valence-electron chi connectivity index (χ0n) is 10.2. The van der Waals surface area contributed by atoms with Crippen LogP contribution < -0.4 is 0 Å². The number of hydrogen-bond donors (Lipinski definition) is 0. The van der Waals surface area contributed by atoms with E-state index in [1.807, 2.05) is 12.1 Å². The van der Waals surface area contributed by atoms with Crippen LogP contribution in [0.2, 0.25) is 0 Å². The number of aryl methyl sites for hydroxylation is 1. The summed E-state index contributed by atoms with van der Waals surface area (Å²) in [5.74, 6) is -0.211. The summed E-state index contributed by atoms with van der Waals surface area (Å²) in [5, 5.41) is 0. The molecule has 1 aromatic carbocycles. The molecule has 0 amide bonds. The minimum absolute atomic E-state index is 0.211. The highest BCUT2D eigenvalue weighted by molar-refractivity contribution is 9.11. The Balaban J connectivity index is 2.32. The average Bonchev–Trinajstić information content (AvgIpc) is 2.30. The van der Waals surface area contributed by atoms with Crippen LogP contribution in [-0.2, 0) is 6.42 Å². The number of benzene rings is 1. The first kappa shape index (κ1) is 15.2. The molecule has 0 aliphatic carbocycles. The maximum absolute atomic E-state index is 13.3.